The maximum absolute atomic E-state index is 11.4. The molecule has 1 saturated carbocycles. The number of fused-ring (bicyclic) bond motifs is 5. The first-order valence-electron chi connectivity index (χ1n) is 4.54. The summed E-state index contributed by atoms with van der Waals surface area (Å²) in [4.78, 5) is 11.4. The lowest BCUT2D eigenvalue weighted by atomic mass is 9.81. The van der Waals surface area contributed by atoms with Crippen molar-refractivity contribution in [2.24, 2.45) is 11.8 Å². The molecule has 2 saturated heterocycles. The predicted octanol–water partition coefficient (Wildman–Crippen LogP) is 1.14. The Morgan fingerprint density at radius 1 is 1.18 bits per heavy atom. The van der Waals surface area contributed by atoms with Crippen LogP contribution in [0.15, 0.2) is 0 Å². The minimum atomic E-state index is 0.314. The third-order valence-corrected chi connectivity index (χ3v) is 3.52. The van der Waals surface area contributed by atoms with Crippen LogP contribution in [-0.2, 0) is 9.53 Å². The van der Waals surface area contributed by atoms with Gasteiger partial charge in [0.05, 0.1) is 12.2 Å². The van der Waals surface area contributed by atoms with Crippen LogP contribution < -0.4 is 0 Å². The van der Waals surface area contributed by atoms with Crippen LogP contribution in [0.2, 0.25) is 0 Å². The van der Waals surface area contributed by atoms with E-state index in [0.717, 1.165) is 19.3 Å². The van der Waals surface area contributed by atoms with Crippen molar-refractivity contribution in [3.63, 3.8) is 0 Å². The topological polar surface area (TPSA) is 26.3 Å². The highest BCUT2D eigenvalue weighted by molar-refractivity contribution is 5.84. The van der Waals surface area contributed by atoms with Gasteiger partial charge < -0.3 is 4.74 Å². The number of hydrogen-bond acceptors (Lipinski definition) is 2. The number of rotatable bonds is 0. The molecule has 0 spiro atoms. The standard InChI is InChI=1S/C9H12O2/c10-6-2-1-5-7-3-4-8(11-7)9(5)6/h5,7-9H,1-4H2. The maximum Gasteiger partial charge on any atom is 0.138 e. The summed E-state index contributed by atoms with van der Waals surface area (Å²) in [6, 6.07) is 0. The highest BCUT2D eigenvalue weighted by Gasteiger charge is 2.54. The van der Waals surface area contributed by atoms with Crippen LogP contribution in [0.3, 0.4) is 0 Å². The Bertz CT molecular complexity index is 212. The molecule has 2 bridgehead atoms. The van der Waals surface area contributed by atoms with Gasteiger partial charge in [0.1, 0.15) is 5.78 Å². The van der Waals surface area contributed by atoms with Crippen molar-refractivity contribution >= 4 is 5.78 Å². The molecule has 3 rings (SSSR count). The molecule has 4 atom stereocenters. The minimum absolute atomic E-state index is 0.314. The average Bonchev–Trinajstić information content (AvgIpc) is 2.60. The number of carbonyl (C=O) groups excluding carboxylic acids is 1. The highest BCUT2D eigenvalue weighted by Crippen LogP contribution is 2.49. The van der Waals surface area contributed by atoms with E-state index in [-0.39, 0.29) is 0 Å². The van der Waals surface area contributed by atoms with Crippen LogP contribution in [0.25, 0.3) is 0 Å². The van der Waals surface area contributed by atoms with Gasteiger partial charge in [-0.3, -0.25) is 4.79 Å². The van der Waals surface area contributed by atoms with Crippen molar-refractivity contribution in [2.45, 2.75) is 37.9 Å². The number of Topliss-reactive ketones (excluding diaryl/α,β-unsaturated/α-hetero) is 1. The fourth-order valence-corrected chi connectivity index (χ4v) is 3.06. The fraction of sp³-hybridized carbons (Fsp3) is 0.889. The zero-order valence-electron chi connectivity index (χ0n) is 6.45. The predicted molar refractivity (Wildman–Crippen MR) is 39.1 cm³/mol. The van der Waals surface area contributed by atoms with Crippen molar-refractivity contribution in [3.8, 4) is 0 Å². The van der Waals surface area contributed by atoms with Crippen LogP contribution in [0.4, 0.5) is 0 Å². The molecule has 11 heavy (non-hydrogen) atoms. The molecule has 1 aliphatic carbocycles. The minimum Gasteiger partial charge on any atom is -0.374 e. The molecule has 0 N–H and O–H groups in total. The van der Waals surface area contributed by atoms with Gasteiger partial charge in [0.25, 0.3) is 0 Å². The Balaban J connectivity index is 1.97. The van der Waals surface area contributed by atoms with Gasteiger partial charge in [-0.1, -0.05) is 0 Å². The van der Waals surface area contributed by atoms with E-state index in [1.165, 1.54) is 6.42 Å². The van der Waals surface area contributed by atoms with Gasteiger partial charge in [-0.05, 0) is 25.2 Å². The van der Waals surface area contributed by atoms with Gasteiger partial charge in [-0.25, -0.2) is 0 Å². The lowest BCUT2D eigenvalue weighted by molar-refractivity contribution is -0.122. The summed E-state index contributed by atoms with van der Waals surface area (Å²) in [5, 5.41) is 0. The van der Waals surface area contributed by atoms with E-state index in [4.69, 9.17) is 4.74 Å². The Kier molecular flexibility index (Phi) is 1.05. The molecular weight excluding hydrogens is 140 g/mol. The van der Waals surface area contributed by atoms with E-state index in [2.05, 4.69) is 0 Å². The molecule has 4 unspecified atom stereocenters. The zero-order valence-corrected chi connectivity index (χ0v) is 6.45. The van der Waals surface area contributed by atoms with E-state index >= 15 is 0 Å². The number of ether oxygens (including phenoxy) is 1. The first-order valence-corrected chi connectivity index (χ1v) is 4.54. The second-order valence-corrected chi connectivity index (χ2v) is 3.98. The van der Waals surface area contributed by atoms with Crippen LogP contribution in [0, 0.1) is 11.8 Å². The third-order valence-electron chi connectivity index (χ3n) is 3.52. The van der Waals surface area contributed by atoms with Crippen molar-refractivity contribution in [1.82, 2.24) is 0 Å². The monoisotopic (exact) mass is 152 g/mol. The number of ketones is 1. The van der Waals surface area contributed by atoms with E-state index in [1.807, 2.05) is 0 Å². The molecule has 3 fully saturated rings. The zero-order chi connectivity index (χ0) is 7.42. The molecular formula is C9H12O2. The largest absolute Gasteiger partial charge is 0.374 e. The lowest BCUT2D eigenvalue weighted by Gasteiger charge is -2.18. The summed E-state index contributed by atoms with van der Waals surface area (Å²) in [5.74, 6) is 1.40. The Labute approximate surface area is 65.9 Å². The molecule has 0 amide bonds. The van der Waals surface area contributed by atoms with E-state index < -0.39 is 0 Å². The Hall–Kier alpha value is -0.370. The third kappa shape index (κ3) is 0.639. The summed E-state index contributed by atoms with van der Waals surface area (Å²) in [7, 11) is 0. The molecule has 2 aliphatic heterocycles. The Morgan fingerprint density at radius 3 is 2.82 bits per heavy atom. The molecule has 2 heteroatoms. The van der Waals surface area contributed by atoms with Gasteiger partial charge >= 0.3 is 0 Å². The molecule has 0 aromatic rings. The molecule has 60 valence electrons. The summed E-state index contributed by atoms with van der Waals surface area (Å²) < 4.78 is 5.69. The van der Waals surface area contributed by atoms with E-state index in [0.29, 0.717) is 29.8 Å². The quantitative estimate of drug-likeness (QED) is 0.520. The van der Waals surface area contributed by atoms with Gasteiger partial charge in [-0.2, -0.15) is 0 Å². The summed E-state index contributed by atoms with van der Waals surface area (Å²) in [6.07, 6.45) is 5.05. The summed E-state index contributed by atoms with van der Waals surface area (Å²) in [5.41, 5.74) is 0. The molecule has 0 radical (unpaired) electrons. The van der Waals surface area contributed by atoms with Gasteiger partial charge in [0.15, 0.2) is 0 Å². The molecule has 0 aromatic heterocycles. The number of carbonyl (C=O) groups is 1. The van der Waals surface area contributed by atoms with Crippen LogP contribution >= 0.6 is 0 Å². The van der Waals surface area contributed by atoms with E-state index in [9.17, 15) is 4.79 Å². The van der Waals surface area contributed by atoms with Crippen LogP contribution in [0.5, 0.6) is 0 Å². The first kappa shape index (κ1) is 6.18. The van der Waals surface area contributed by atoms with Crippen molar-refractivity contribution in [3.05, 3.63) is 0 Å². The summed E-state index contributed by atoms with van der Waals surface area (Å²) >= 11 is 0. The second-order valence-electron chi connectivity index (χ2n) is 3.98. The molecule has 2 heterocycles. The van der Waals surface area contributed by atoms with Crippen LogP contribution in [0.1, 0.15) is 25.7 Å². The smallest absolute Gasteiger partial charge is 0.138 e. The normalized spacial score (nSPS) is 53.6. The average molecular weight is 152 g/mol. The van der Waals surface area contributed by atoms with Gasteiger partial charge in [-0.15, -0.1) is 0 Å². The molecule has 2 nitrogen and oxygen atoms in total. The maximum atomic E-state index is 11.4. The summed E-state index contributed by atoms with van der Waals surface area (Å²) in [6.45, 7) is 0. The highest BCUT2D eigenvalue weighted by atomic mass is 16.5. The Morgan fingerprint density at radius 2 is 2.00 bits per heavy atom. The van der Waals surface area contributed by atoms with Crippen molar-refractivity contribution < 1.29 is 9.53 Å². The van der Waals surface area contributed by atoms with E-state index in [1.54, 1.807) is 0 Å². The van der Waals surface area contributed by atoms with Crippen LogP contribution in [-0.4, -0.2) is 18.0 Å². The second kappa shape index (κ2) is 1.86. The number of hydrogen-bond donors (Lipinski definition) is 0. The van der Waals surface area contributed by atoms with Crippen molar-refractivity contribution in [2.75, 3.05) is 0 Å². The lowest BCUT2D eigenvalue weighted by Crippen LogP contribution is -2.26. The SMILES string of the molecule is O=C1CCC2C3CCC(O3)C12. The molecule has 0 aromatic carbocycles. The van der Waals surface area contributed by atoms with Gasteiger partial charge in [0.2, 0.25) is 0 Å². The van der Waals surface area contributed by atoms with Gasteiger partial charge in [0, 0.05) is 12.3 Å². The van der Waals surface area contributed by atoms with Crippen molar-refractivity contribution in [1.29, 1.82) is 0 Å². The fourth-order valence-electron chi connectivity index (χ4n) is 3.06. The first-order chi connectivity index (χ1) is 5.36. The molecule has 3 aliphatic rings.